The van der Waals surface area contributed by atoms with Gasteiger partial charge in [-0.15, -0.1) is 0 Å². The molecule has 0 saturated carbocycles. The maximum absolute atomic E-state index is 11.1. The zero-order chi connectivity index (χ0) is 8.10. The number of carbonyl (C=O) groups is 1. The summed E-state index contributed by atoms with van der Waals surface area (Å²) in [6, 6.07) is 0. The molecule has 0 aromatic heterocycles. The third-order valence-electron chi connectivity index (χ3n) is 1.77. The fraction of sp³-hybridized carbons (Fsp3) is 0.714. The van der Waals surface area contributed by atoms with Gasteiger partial charge >= 0.3 is 0 Å². The molecule has 1 N–H and O–H groups in total. The van der Waals surface area contributed by atoms with Gasteiger partial charge in [-0.1, -0.05) is 0 Å². The second kappa shape index (κ2) is 4.24. The molecular weight excluding hydrogens is 160 g/mol. The number of carbonyl (C=O) groups excluding carboxylic acids is 1. The first-order chi connectivity index (χ1) is 5.34. The quantitative estimate of drug-likeness (QED) is 0.466. The van der Waals surface area contributed by atoms with Crippen LogP contribution < -0.4 is 5.32 Å². The predicted octanol–water partition coefficient (Wildman–Crippen LogP) is 0.727. The Kier molecular flexibility index (Phi) is 3.24. The van der Waals surface area contributed by atoms with Crippen molar-refractivity contribution in [3.8, 4) is 6.19 Å². The van der Waals surface area contributed by atoms with Gasteiger partial charge in [0, 0.05) is 5.92 Å². The second-order valence-electron chi connectivity index (χ2n) is 2.49. The van der Waals surface area contributed by atoms with Crippen molar-refractivity contribution in [1.29, 1.82) is 5.26 Å². The lowest BCUT2D eigenvalue weighted by Crippen LogP contribution is -2.29. The molecule has 0 aromatic carbocycles. The SMILES string of the molecule is N#CNC(=O)C1CCSCC1. The van der Waals surface area contributed by atoms with E-state index in [-0.39, 0.29) is 11.8 Å². The van der Waals surface area contributed by atoms with Crippen molar-refractivity contribution >= 4 is 17.7 Å². The van der Waals surface area contributed by atoms with Gasteiger partial charge in [-0.2, -0.15) is 17.0 Å². The highest BCUT2D eigenvalue weighted by molar-refractivity contribution is 7.99. The van der Waals surface area contributed by atoms with Gasteiger partial charge in [0.05, 0.1) is 0 Å². The first-order valence-corrected chi connectivity index (χ1v) is 4.76. The number of nitriles is 1. The lowest BCUT2D eigenvalue weighted by Gasteiger charge is -2.18. The first kappa shape index (κ1) is 8.41. The van der Waals surface area contributed by atoms with E-state index in [0.29, 0.717) is 0 Å². The predicted molar refractivity (Wildman–Crippen MR) is 43.8 cm³/mol. The molecule has 0 radical (unpaired) electrons. The van der Waals surface area contributed by atoms with Crippen LogP contribution in [-0.2, 0) is 4.79 Å². The summed E-state index contributed by atoms with van der Waals surface area (Å²) >= 11 is 1.87. The fourth-order valence-corrected chi connectivity index (χ4v) is 2.22. The maximum Gasteiger partial charge on any atom is 0.236 e. The molecule has 11 heavy (non-hydrogen) atoms. The molecule has 0 spiro atoms. The smallest absolute Gasteiger partial charge is 0.236 e. The van der Waals surface area contributed by atoms with E-state index in [1.165, 1.54) is 0 Å². The summed E-state index contributed by atoms with van der Waals surface area (Å²) < 4.78 is 0. The Hall–Kier alpha value is -0.690. The van der Waals surface area contributed by atoms with Gasteiger partial charge in [-0.25, -0.2) is 0 Å². The number of nitrogens with zero attached hydrogens (tertiary/aromatic N) is 1. The highest BCUT2D eigenvalue weighted by Gasteiger charge is 2.20. The minimum absolute atomic E-state index is 0.0795. The monoisotopic (exact) mass is 170 g/mol. The molecule has 1 amide bonds. The zero-order valence-electron chi connectivity index (χ0n) is 6.17. The van der Waals surface area contributed by atoms with Gasteiger partial charge in [0.25, 0.3) is 0 Å². The molecular formula is C7H10N2OS. The van der Waals surface area contributed by atoms with Crippen molar-refractivity contribution in [1.82, 2.24) is 5.32 Å². The van der Waals surface area contributed by atoms with Crippen molar-refractivity contribution in [3.05, 3.63) is 0 Å². The lowest BCUT2D eigenvalue weighted by molar-refractivity contribution is -0.124. The molecule has 1 saturated heterocycles. The van der Waals surface area contributed by atoms with Gasteiger partial charge in [-0.3, -0.25) is 10.1 Å². The first-order valence-electron chi connectivity index (χ1n) is 3.61. The van der Waals surface area contributed by atoms with E-state index in [4.69, 9.17) is 5.26 Å². The van der Waals surface area contributed by atoms with Crippen LogP contribution in [0.15, 0.2) is 0 Å². The highest BCUT2D eigenvalue weighted by atomic mass is 32.2. The molecule has 60 valence electrons. The average Bonchev–Trinajstić information content (AvgIpc) is 2.07. The molecule has 0 bridgehead atoms. The fourth-order valence-electron chi connectivity index (χ4n) is 1.12. The summed E-state index contributed by atoms with van der Waals surface area (Å²) in [7, 11) is 0. The van der Waals surface area contributed by atoms with Crippen molar-refractivity contribution < 1.29 is 4.79 Å². The van der Waals surface area contributed by atoms with Gasteiger partial charge in [-0.05, 0) is 24.3 Å². The van der Waals surface area contributed by atoms with Crippen molar-refractivity contribution in [2.45, 2.75) is 12.8 Å². The molecule has 1 aliphatic rings. The van der Waals surface area contributed by atoms with E-state index in [1.54, 1.807) is 6.19 Å². The Morgan fingerprint density at radius 1 is 1.55 bits per heavy atom. The third-order valence-corrected chi connectivity index (χ3v) is 2.82. The standard InChI is InChI=1S/C7H10N2OS/c8-5-9-7(10)6-1-3-11-4-2-6/h6H,1-4H2,(H,9,10). The van der Waals surface area contributed by atoms with E-state index < -0.39 is 0 Å². The summed E-state index contributed by atoms with van der Waals surface area (Å²) in [4.78, 5) is 11.1. The summed E-state index contributed by atoms with van der Waals surface area (Å²) in [6.07, 6.45) is 3.49. The summed E-state index contributed by atoms with van der Waals surface area (Å²) in [5.74, 6) is 2.07. The molecule has 1 rings (SSSR count). The van der Waals surface area contributed by atoms with Crippen molar-refractivity contribution in [2.24, 2.45) is 5.92 Å². The van der Waals surface area contributed by atoms with Crippen LogP contribution >= 0.6 is 11.8 Å². The second-order valence-corrected chi connectivity index (χ2v) is 3.71. The van der Waals surface area contributed by atoms with E-state index in [0.717, 1.165) is 24.3 Å². The van der Waals surface area contributed by atoms with Gasteiger partial charge < -0.3 is 0 Å². The molecule has 0 aliphatic carbocycles. The number of amides is 1. The van der Waals surface area contributed by atoms with Crippen molar-refractivity contribution in [2.75, 3.05) is 11.5 Å². The Balaban J connectivity index is 2.34. The molecule has 1 aliphatic heterocycles. The number of thioether (sulfide) groups is 1. The van der Waals surface area contributed by atoms with Crippen molar-refractivity contribution in [3.63, 3.8) is 0 Å². The van der Waals surface area contributed by atoms with E-state index in [9.17, 15) is 4.79 Å². The summed E-state index contributed by atoms with van der Waals surface area (Å²) in [5.41, 5.74) is 0. The van der Waals surface area contributed by atoms with Crippen LogP contribution in [0.2, 0.25) is 0 Å². The van der Waals surface area contributed by atoms with Gasteiger partial charge in [0.15, 0.2) is 6.19 Å². The minimum Gasteiger partial charge on any atom is -0.274 e. The minimum atomic E-state index is -0.104. The normalized spacial score (nSPS) is 18.8. The Morgan fingerprint density at radius 2 is 2.18 bits per heavy atom. The molecule has 0 unspecified atom stereocenters. The topological polar surface area (TPSA) is 52.9 Å². The number of hydrogen-bond donors (Lipinski definition) is 1. The van der Waals surface area contributed by atoms with Crippen LogP contribution in [0.3, 0.4) is 0 Å². The molecule has 0 atom stereocenters. The summed E-state index contributed by atoms with van der Waals surface area (Å²) in [6.45, 7) is 0. The number of hydrogen-bond acceptors (Lipinski definition) is 3. The van der Waals surface area contributed by atoms with E-state index in [1.807, 2.05) is 11.8 Å². The lowest BCUT2D eigenvalue weighted by atomic mass is 10.0. The van der Waals surface area contributed by atoms with Crippen LogP contribution in [0, 0.1) is 17.4 Å². The Labute approximate surface area is 70.2 Å². The largest absolute Gasteiger partial charge is 0.274 e. The molecule has 3 nitrogen and oxygen atoms in total. The highest BCUT2D eigenvalue weighted by Crippen LogP contribution is 2.22. The van der Waals surface area contributed by atoms with Crippen LogP contribution in [0.5, 0.6) is 0 Å². The molecule has 4 heteroatoms. The third kappa shape index (κ3) is 2.43. The van der Waals surface area contributed by atoms with E-state index in [2.05, 4.69) is 5.32 Å². The Bertz CT molecular complexity index is 181. The van der Waals surface area contributed by atoms with Crippen LogP contribution in [0.4, 0.5) is 0 Å². The molecule has 0 aromatic rings. The molecule has 1 fully saturated rings. The summed E-state index contributed by atoms with van der Waals surface area (Å²) in [5, 5.41) is 10.4. The van der Waals surface area contributed by atoms with Crippen LogP contribution in [0.1, 0.15) is 12.8 Å². The maximum atomic E-state index is 11.1. The van der Waals surface area contributed by atoms with E-state index >= 15 is 0 Å². The Morgan fingerprint density at radius 3 is 2.73 bits per heavy atom. The molecule has 1 heterocycles. The van der Waals surface area contributed by atoms with Crippen LogP contribution in [0.25, 0.3) is 0 Å². The number of rotatable bonds is 1. The zero-order valence-corrected chi connectivity index (χ0v) is 6.99. The van der Waals surface area contributed by atoms with Crippen LogP contribution in [-0.4, -0.2) is 17.4 Å². The van der Waals surface area contributed by atoms with Gasteiger partial charge in [0.1, 0.15) is 0 Å². The van der Waals surface area contributed by atoms with Gasteiger partial charge in [0.2, 0.25) is 5.91 Å². The average molecular weight is 170 g/mol. The number of nitrogens with one attached hydrogen (secondary N) is 1.